The van der Waals surface area contributed by atoms with E-state index in [1.807, 2.05) is 0 Å². The van der Waals surface area contributed by atoms with Gasteiger partial charge in [-0.3, -0.25) is 14.5 Å². The van der Waals surface area contributed by atoms with Gasteiger partial charge in [-0.25, -0.2) is 8.42 Å². The number of sulfonamides is 1. The Morgan fingerprint density at radius 1 is 1.37 bits per heavy atom. The normalized spacial score (nSPS) is 26.2. The maximum Gasteiger partial charge on any atom is 0.263 e. The van der Waals surface area contributed by atoms with E-state index in [2.05, 4.69) is 34.2 Å². The van der Waals surface area contributed by atoms with Crippen LogP contribution >= 0.6 is 0 Å². The third-order valence-electron chi connectivity index (χ3n) is 5.24. The molecule has 0 aliphatic carbocycles. The van der Waals surface area contributed by atoms with Gasteiger partial charge in [-0.2, -0.15) is 0 Å². The highest BCUT2D eigenvalue weighted by molar-refractivity contribution is 7.90. The van der Waals surface area contributed by atoms with Gasteiger partial charge in [-0.15, -0.1) is 0 Å². The number of nitrogens with zero attached hydrogens (tertiary/aromatic N) is 1. The van der Waals surface area contributed by atoms with Gasteiger partial charge in [0.15, 0.2) is 0 Å². The number of unbranched alkanes of at least 4 members (excludes halogenated alkanes) is 1. The molecule has 3 N–H and O–H groups in total. The van der Waals surface area contributed by atoms with Crippen LogP contribution in [0.2, 0.25) is 0 Å². The Hall–Kier alpha value is -1.93. The first-order valence-corrected chi connectivity index (χ1v) is 11.1. The van der Waals surface area contributed by atoms with Gasteiger partial charge in [0.05, 0.1) is 4.90 Å². The lowest BCUT2D eigenvalue weighted by molar-refractivity contribution is -0.123. The lowest BCUT2D eigenvalue weighted by atomic mass is 9.94. The average Bonchev–Trinajstić information content (AvgIpc) is 2.91. The highest BCUT2D eigenvalue weighted by Crippen LogP contribution is 2.23. The van der Waals surface area contributed by atoms with E-state index in [0.29, 0.717) is 17.9 Å². The van der Waals surface area contributed by atoms with E-state index < -0.39 is 16.1 Å². The first-order valence-electron chi connectivity index (χ1n) is 9.63. The van der Waals surface area contributed by atoms with Crippen LogP contribution in [0.5, 0.6) is 0 Å². The molecule has 148 valence electrons. The molecule has 0 aromatic heterocycles. The maximum absolute atomic E-state index is 12.9. The van der Waals surface area contributed by atoms with Gasteiger partial charge in [0.1, 0.15) is 11.9 Å². The second kappa shape index (κ2) is 8.39. The molecule has 1 fully saturated rings. The van der Waals surface area contributed by atoms with E-state index in [-0.39, 0.29) is 22.7 Å². The number of piperidine rings is 1. The van der Waals surface area contributed by atoms with Crippen molar-refractivity contribution in [1.29, 1.82) is 0 Å². The summed E-state index contributed by atoms with van der Waals surface area (Å²) in [4.78, 5) is 17.6. The zero-order chi connectivity index (χ0) is 19.4. The topological polar surface area (TPSA) is 99.7 Å². The molecule has 1 aromatic carbocycles. The molecule has 0 saturated carbocycles. The summed E-state index contributed by atoms with van der Waals surface area (Å²) in [5.74, 6) is 0.525. The van der Waals surface area contributed by atoms with Gasteiger partial charge in [-0.05, 0) is 37.4 Å². The van der Waals surface area contributed by atoms with Crippen molar-refractivity contribution in [1.82, 2.24) is 15.4 Å². The lowest BCUT2D eigenvalue weighted by Crippen LogP contribution is -2.52. The minimum atomic E-state index is -3.61. The van der Waals surface area contributed by atoms with Crippen LogP contribution in [0.15, 0.2) is 34.2 Å². The molecule has 8 heteroatoms. The number of benzene rings is 1. The second-order valence-corrected chi connectivity index (χ2v) is 8.97. The number of hydrogen-bond acceptors (Lipinski definition) is 5. The zero-order valence-corrected chi connectivity index (χ0v) is 16.7. The Labute approximate surface area is 161 Å². The molecular weight excluding hydrogens is 364 g/mol. The summed E-state index contributed by atoms with van der Waals surface area (Å²) in [6.07, 6.45) is 3.40. The molecule has 7 nitrogen and oxygen atoms in total. The van der Waals surface area contributed by atoms with Crippen LogP contribution in [0.3, 0.4) is 0 Å². The van der Waals surface area contributed by atoms with Crippen LogP contribution < -0.4 is 15.4 Å². The predicted molar refractivity (Wildman–Crippen MR) is 105 cm³/mol. The highest BCUT2D eigenvalue weighted by Gasteiger charge is 2.32. The molecule has 2 heterocycles. The number of amides is 1. The van der Waals surface area contributed by atoms with Gasteiger partial charge < -0.3 is 10.6 Å². The fourth-order valence-corrected chi connectivity index (χ4v) is 4.74. The Bertz CT molecular complexity index is 822. The molecule has 2 aliphatic rings. The van der Waals surface area contributed by atoms with Crippen molar-refractivity contribution in [3.8, 4) is 0 Å². The van der Waals surface area contributed by atoms with E-state index >= 15 is 0 Å². The third-order valence-corrected chi connectivity index (χ3v) is 6.63. The van der Waals surface area contributed by atoms with Crippen molar-refractivity contribution < 1.29 is 13.2 Å². The summed E-state index contributed by atoms with van der Waals surface area (Å²) in [7, 11) is -3.61. The Kier molecular flexibility index (Phi) is 6.16. The number of rotatable bonds is 6. The summed E-state index contributed by atoms with van der Waals surface area (Å²) in [5.41, 5.74) is 0.527. The molecule has 0 spiro atoms. The van der Waals surface area contributed by atoms with E-state index in [1.165, 1.54) is 0 Å². The van der Waals surface area contributed by atoms with E-state index in [9.17, 15) is 13.2 Å². The zero-order valence-electron chi connectivity index (χ0n) is 15.9. The fourth-order valence-electron chi connectivity index (χ4n) is 3.50. The van der Waals surface area contributed by atoms with Crippen LogP contribution in [0.4, 0.5) is 0 Å². The number of hydrogen-bond donors (Lipinski definition) is 3. The largest absolute Gasteiger partial charge is 0.350 e. The van der Waals surface area contributed by atoms with Gasteiger partial charge in [-0.1, -0.05) is 38.8 Å². The smallest absolute Gasteiger partial charge is 0.263 e. The number of carbonyl (C=O) groups is 1. The van der Waals surface area contributed by atoms with Crippen molar-refractivity contribution >= 4 is 21.8 Å². The van der Waals surface area contributed by atoms with Crippen LogP contribution in [-0.4, -0.2) is 45.3 Å². The molecule has 27 heavy (non-hydrogen) atoms. The van der Waals surface area contributed by atoms with Crippen molar-refractivity contribution in [2.75, 3.05) is 13.1 Å². The average molecular weight is 393 g/mol. The third kappa shape index (κ3) is 4.50. The second-order valence-electron chi connectivity index (χ2n) is 7.32. The number of aliphatic imine (C=N–C) groups is 1. The lowest BCUT2D eigenvalue weighted by Gasteiger charge is -2.31. The predicted octanol–water partition coefficient (Wildman–Crippen LogP) is 1.40. The van der Waals surface area contributed by atoms with Crippen LogP contribution in [0.1, 0.15) is 45.1 Å². The minimum absolute atomic E-state index is 0.0723. The summed E-state index contributed by atoms with van der Waals surface area (Å²) >= 11 is 0. The molecule has 3 atom stereocenters. The monoisotopic (exact) mass is 392 g/mol. The summed E-state index contributed by atoms with van der Waals surface area (Å²) in [5, 5.41) is 6.42. The molecule has 3 rings (SSSR count). The summed E-state index contributed by atoms with van der Waals surface area (Å²) in [6.45, 7) is 5.91. The van der Waals surface area contributed by atoms with Gasteiger partial charge in [0.2, 0.25) is 5.91 Å². The number of nitrogens with one attached hydrogen (secondary N) is 3. The summed E-state index contributed by atoms with van der Waals surface area (Å²) in [6, 6.07) is 6.18. The molecule has 0 bridgehead atoms. The molecule has 1 saturated heterocycles. The van der Waals surface area contributed by atoms with Crippen LogP contribution in [0.25, 0.3) is 0 Å². The van der Waals surface area contributed by atoms with Crippen molar-refractivity contribution in [3.63, 3.8) is 0 Å². The van der Waals surface area contributed by atoms with Crippen molar-refractivity contribution in [2.45, 2.75) is 56.5 Å². The highest BCUT2D eigenvalue weighted by atomic mass is 32.2. The van der Waals surface area contributed by atoms with E-state index in [0.717, 1.165) is 32.4 Å². The maximum atomic E-state index is 12.9. The molecular formula is C19H28N4O3S. The Morgan fingerprint density at radius 2 is 2.15 bits per heavy atom. The Morgan fingerprint density at radius 3 is 2.89 bits per heavy atom. The number of amidine groups is 1. The van der Waals surface area contributed by atoms with Crippen molar-refractivity contribution in [3.05, 3.63) is 29.8 Å². The Balaban J connectivity index is 1.83. The summed E-state index contributed by atoms with van der Waals surface area (Å²) < 4.78 is 27.1. The number of fused-ring (bicyclic) bond motifs is 1. The van der Waals surface area contributed by atoms with Gasteiger partial charge in [0.25, 0.3) is 10.0 Å². The van der Waals surface area contributed by atoms with E-state index in [4.69, 9.17) is 0 Å². The molecule has 0 radical (unpaired) electrons. The standard InChI is InChI=1S/C19H28N4O3S/c1-3-4-8-15(19(24)22-16-12-20-11-10-13(16)2)21-18-14-7-5-6-9-17(14)27(25,26)23-18/h5-7,9,13,15-16,20H,3-4,8,10-12H2,1-2H3,(H,21,23)(H,22,24). The van der Waals surface area contributed by atoms with E-state index in [1.54, 1.807) is 24.3 Å². The first-order chi connectivity index (χ1) is 12.9. The molecule has 1 amide bonds. The minimum Gasteiger partial charge on any atom is -0.350 e. The first kappa shape index (κ1) is 19.8. The SMILES string of the molecule is CCCCC(N=C1NS(=O)(=O)c2ccccc21)C(=O)NC1CNCCC1C. The van der Waals surface area contributed by atoms with Gasteiger partial charge >= 0.3 is 0 Å². The van der Waals surface area contributed by atoms with Crippen LogP contribution in [-0.2, 0) is 14.8 Å². The van der Waals surface area contributed by atoms with Crippen molar-refractivity contribution in [2.24, 2.45) is 10.9 Å². The van der Waals surface area contributed by atoms with Gasteiger partial charge in [0, 0.05) is 18.2 Å². The quantitative estimate of drug-likeness (QED) is 0.681. The molecule has 1 aromatic rings. The molecule has 2 aliphatic heterocycles. The number of carbonyl (C=O) groups excluding carboxylic acids is 1. The molecule has 3 unspecified atom stereocenters. The van der Waals surface area contributed by atoms with Crippen LogP contribution in [0, 0.1) is 5.92 Å². The fraction of sp³-hybridized carbons (Fsp3) is 0.579.